The first-order valence-corrected chi connectivity index (χ1v) is 9.46. The summed E-state index contributed by atoms with van der Waals surface area (Å²) in [5, 5.41) is 0. The van der Waals surface area contributed by atoms with Crippen LogP contribution in [-0.2, 0) is 0 Å². The molecule has 128 valence electrons. The summed E-state index contributed by atoms with van der Waals surface area (Å²) in [6.07, 6.45) is 19.2. The lowest BCUT2D eigenvalue weighted by atomic mass is 10.1. The SMILES string of the molecule is CCCCCC/C=C/CCCCCCC1=NCCN1C(C)N. The summed E-state index contributed by atoms with van der Waals surface area (Å²) in [7, 11) is 0. The molecule has 3 heteroatoms. The quantitative estimate of drug-likeness (QED) is 0.389. The van der Waals surface area contributed by atoms with Gasteiger partial charge in [0.25, 0.3) is 0 Å². The average molecular weight is 308 g/mol. The van der Waals surface area contributed by atoms with Crippen LogP contribution in [0.4, 0.5) is 0 Å². The number of hydrogen-bond donors (Lipinski definition) is 1. The van der Waals surface area contributed by atoms with Gasteiger partial charge in [-0.3, -0.25) is 4.99 Å². The highest BCUT2D eigenvalue weighted by Gasteiger charge is 2.18. The van der Waals surface area contributed by atoms with Gasteiger partial charge in [-0.1, -0.05) is 51.2 Å². The van der Waals surface area contributed by atoms with Crippen LogP contribution in [0.15, 0.2) is 17.1 Å². The minimum absolute atomic E-state index is 0.115. The fourth-order valence-electron chi connectivity index (χ4n) is 2.99. The molecule has 2 N–H and O–H groups in total. The third-order valence-corrected chi connectivity index (χ3v) is 4.37. The fraction of sp³-hybridized carbons (Fsp3) is 0.842. The Morgan fingerprint density at radius 2 is 1.68 bits per heavy atom. The first-order chi connectivity index (χ1) is 10.8. The van der Waals surface area contributed by atoms with E-state index in [1.54, 1.807) is 0 Å². The minimum atomic E-state index is 0.115. The molecular weight excluding hydrogens is 270 g/mol. The maximum Gasteiger partial charge on any atom is 0.100 e. The van der Waals surface area contributed by atoms with Crippen molar-refractivity contribution in [2.24, 2.45) is 10.7 Å². The molecule has 0 aromatic rings. The van der Waals surface area contributed by atoms with E-state index in [-0.39, 0.29) is 6.17 Å². The lowest BCUT2D eigenvalue weighted by Crippen LogP contribution is -2.41. The van der Waals surface area contributed by atoms with E-state index in [1.807, 2.05) is 0 Å². The summed E-state index contributed by atoms with van der Waals surface area (Å²) in [4.78, 5) is 6.83. The summed E-state index contributed by atoms with van der Waals surface area (Å²) < 4.78 is 0. The van der Waals surface area contributed by atoms with Crippen LogP contribution in [0.5, 0.6) is 0 Å². The molecule has 0 amide bonds. The van der Waals surface area contributed by atoms with Gasteiger partial charge >= 0.3 is 0 Å². The van der Waals surface area contributed by atoms with Crippen LogP contribution in [0.1, 0.15) is 84.5 Å². The summed E-state index contributed by atoms with van der Waals surface area (Å²) in [5.41, 5.74) is 5.96. The number of aliphatic imine (C=N–C) groups is 1. The van der Waals surface area contributed by atoms with Crippen LogP contribution in [-0.4, -0.2) is 30.0 Å². The molecule has 1 aliphatic heterocycles. The Morgan fingerprint density at radius 3 is 2.32 bits per heavy atom. The third-order valence-electron chi connectivity index (χ3n) is 4.37. The molecule has 0 radical (unpaired) electrons. The van der Waals surface area contributed by atoms with Crippen LogP contribution < -0.4 is 5.73 Å². The third kappa shape index (κ3) is 8.57. The van der Waals surface area contributed by atoms with Crippen LogP contribution in [0.25, 0.3) is 0 Å². The minimum Gasteiger partial charge on any atom is -0.343 e. The van der Waals surface area contributed by atoms with Crippen molar-refractivity contribution in [1.82, 2.24) is 4.90 Å². The van der Waals surface area contributed by atoms with Crippen molar-refractivity contribution in [1.29, 1.82) is 0 Å². The van der Waals surface area contributed by atoms with Gasteiger partial charge in [0.05, 0.1) is 12.7 Å². The van der Waals surface area contributed by atoms with Gasteiger partial charge in [-0.25, -0.2) is 0 Å². The van der Waals surface area contributed by atoms with Gasteiger partial charge in [0, 0.05) is 13.0 Å². The van der Waals surface area contributed by atoms with Crippen molar-refractivity contribution >= 4 is 5.84 Å². The van der Waals surface area contributed by atoms with Crippen molar-refractivity contribution in [3.05, 3.63) is 12.2 Å². The van der Waals surface area contributed by atoms with E-state index in [0.29, 0.717) is 0 Å². The van der Waals surface area contributed by atoms with Crippen LogP contribution in [0, 0.1) is 0 Å². The highest BCUT2D eigenvalue weighted by atomic mass is 15.3. The number of hydrogen-bond acceptors (Lipinski definition) is 3. The van der Waals surface area contributed by atoms with E-state index in [2.05, 4.69) is 35.9 Å². The molecule has 1 unspecified atom stereocenters. The molecule has 1 rings (SSSR count). The Bertz CT molecular complexity index is 321. The van der Waals surface area contributed by atoms with Crippen molar-refractivity contribution in [3.8, 4) is 0 Å². The number of nitrogens with zero attached hydrogens (tertiary/aromatic N) is 2. The van der Waals surface area contributed by atoms with Crippen LogP contribution in [0.3, 0.4) is 0 Å². The van der Waals surface area contributed by atoms with Gasteiger partial charge in [0.2, 0.25) is 0 Å². The molecule has 1 heterocycles. The lowest BCUT2D eigenvalue weighted by Gasteiger charge is -2.24. The molecule has 1 atom stereocenters. The summed E-state index contributed by atoms with van der Waals surface area (Å²) in [6.45, 7) is 6.26. The number of nitrogens with two attached hydrogens (primary N) is 1. The first kappa shape index (κ1) is 19.2. The standard InChI is InChI=1S/C19H37N3/c1-3-4-5-6-7-8-9-10-11-12-13-14-15-19-21-16-17-22(19)18(2)20/h8-9,18H,3-7,10-17,20H2,1-2H3/b9-8+. The highest BCUT2D eigenvalue weighted by molar-refractivity contribution is 5.83. The zero-order chi connectivity index (χ0) is 16.0. The van der Waals surface area contributed by atoms with Gasteiger partial charge in [-0.15, -0.1) is 0 Å². The Hall–Kier alpha value is -0.830. The zero-order valence-electron chi connectivity index (χ0n) is 14.9. The topological polar surface area (TPSA) is 41.6 Å². The summed E-state index contributed by atoms with van der Waals surface area (Å²) >= 11 is 0. The first-order valence-electron chi connectivity index (χ1n) is 9.46. The zero-order valence-corrected chi connectivity index (χ0v) is 14.9. The molecule has 0 aromatic heterocycles. The van der Waals surface area contributed by atoms with E-state index in [4.69, 9.17) is 5.73 Å². The van der Waals surface area contributed by atoms with Crippen LogP contribution >= 0.6 is 0 Å². The Labute approximate surface area is 138 Å². The maximum atomic E-state index is 5.96. The highest BCUT2D eigenvalue weighted by Crippen LogP contribution is 2.13. The second-order valence-corrected chi connectivity index (χ2v) is 6.51. The molecular formula is C19H37N3. The maximum absolute atomic E-state index is 5.96. The lowest BCUT2D eigenvalue weighted by molar-refractivity contribution is 0.359. The van der Waals surface area contributed by atoms with Gasteiger partial charge in [0.1, 0.15) is 5.84 Å². The van der Waals surface area contributed by atoms with Crippen molar-refractivity contribution in [2.45, 2.75) is 90.6 Å². The predicted molar refractivity (Wildman–Crippen MR) is 98.3 cm³/mol. The molecule has 0 bridgehead atoms. The molecule has 0 saturated carbocycles. The Balaban J connectivity index is 1.90. The number of rotatable bonds is 13. The molecule has 0 aromatic carbocycles. The molecule has 0 saturated heterocycles. The van der Waals surface area contributed by atoms with Gasteiger partial charge in [-0.05, 0) is 39.0 Å². The monoisotopic (exact) mass is 307 g/mol. The van der Waals surface area contributed by atoms with E-state index < -0.39 is 0 Å². The average Bonchev–Trinajstić information content (AvgIpc) is 2.97. The van der Waals surface area contributed by atoms with E-state index >= 15 is 0 Å². The number of amidine groups is 1. The van der Waals surface area contributed by atoms with Gasteiger partial charge in [0.15, 0.2) is 0 Å². The summed E-state index contributed by atoms with van der Waals surface area (Å²) in [6, 6.07) is 0. The molecule has 0 fully saturated rings. The van der Waals surface area contributed by atoms with E-state index in [0.717, 1.165) is 19.5 Å². The molecule has 0 aliphatic carbocycles. The molecule has 3 nitrogen and oxygen atoms in total. The number of unbranched alkanes of at least 4 members (excludes halogenated alkanes) is 8. The van der Waals surface area contributed by atoms with Crippen molar-refractivity contribution < 1.29 is 0 Å². The normalized spacial score (nSPS) is 16.5. The molecule has 0 spiro atoms. The Morgan fingerprint density at radius 1 is 1.05 bits per heavy atom. The predicted octanol–water partition coefficient (Wildman–Crippen LogP) is 4.87. The molecule has 22 heavy (non-hydrogen) atoms. The largest absolute Gasteiger partial charge is 0.343 e. The van der Waals surface area contributed by atoms with Crippen LogP contribution in [0.2, 0.25) is 0 Å². The Kier molecular flexibility index (Phi) is 11.1. The van der Waals surface area contributed by atoms with Gasteiger partial charge in [-0.2, -0.15) is 0 Å². The van der Waals surface area contributed by atoms with Gasteiger partial charge < -0.3 is 10.6 Å². The molecule has 1 aliphatic rings. The second-order valence-electron chi connectivity index (χ2n) is 6.51. The fourth-order valence-corrected chi connectivity index (χ4v) is 2.99. The van der Waals surface area contributed by atoms with E-state index in [1.165, 1.54) is 70.0 Å². The smallest absolute Gasteiger partial charge is 0.100 e. The van der Waals surface area contributed by atoms with Crippen molar-refractivity contribution in [3.63, 3.8) is 0 Å². The van der Waals surface area contributed by atoms with E-state index in [9.17, 15) is 0 Å². The summed E-state index contributed by atoms with van der Waals surface area (Å²) in [5.74, 6) is 1.24. The van der Waals surface area contributed by atoms with Crippen molar-refractivity contribution in [2.75, 3.05) is 13.1 Å². The second kappa shape index (κ2) is 12.7. The number of allylic oxidation sites excluding steroid dienone is 2.